The number of fused-ring (bicyclic) bond motifs is 3. The zero-order chi connectivity index (χ0) is 11.7. The van der Waals surface area contributed by atoms with Crippen LogP contribution in [0, 0.1) is 35.0 Å². The summed E-state index contributed by atoms with van der Waals surface area (Å²) in [7, 11) is 0. The van der Waals surface area contributed by atoms with Crippen molar-refractivity contribution in [2.24, 2.45) is 35.0 Å². The first kappa shape index (κ1) is 11.1. The molecule has 0 saturated heterocycles. The number of hydrogen-bond acceptors (Lipinski definition) is 1. The molecule has 0 radical (unpaired) electrons. The molecule has 16 heavy (non-hydrogen) atoms. The van der Waals surface area contributed by atoms with Gasteiger partial charge in [0, 0.05) is 0 Å². The van der Waals surface area contributed by atoms with Crippen LogP contribution in [0.15, 0.2) is 0 Å². The van der Waals surface area contributed by atoms with Crippen LogP contribution in [0.5, 0.6) is 0 Å². The maximum atomic E-state index is 11.1. The molecule has 3 aliphatic carbocycles. The minimum Gasteiger partial charge on any atom is -0.389 e. The fraction of sp³-hybridized carbons (Fsp3) is 1.00. The van der Waals surface area contributed by atoms with E-state index in [9.17, 15) is 5.11 Å². The summed E-state index contributed by atoms with van der Waals surface area (Å²) in [4.78, 5) is 0. The van der Waals surface area contributed by atoms with Crippen LogP contribution in [0.25, 0.3) is 0 Å². The standard InChI is InChI=1S/C15H26O/c1-9-7-8-15(16)10(2)5-6-11-13(12(9)15)14(11,3)4/h9-13,16H,5-8H2,1-4H3/t9?,10?,11-,12-,13+,15+/m1/s1. The Bertz CT molecular complexity index is 309. The summed E-state index contributed by atoms with van der Waals surface area (Å²) in [5.74, 6) is 3.55. The average Bonchev–Trinajstić information content (AvgIpc) is 2.64. The topological polar surface area (TPSA) is 20.2 Å². The van der Waals surface area contributed by atoms with E-state index in [1.54, 1.807) is 0 Å². The lowest BCUT2D eigenvalue weighted by atomic mass is 9.73. The van der Waals surface area contributed by atoms with Gasteiger partial charge in [-0.05, 0) is 60.7 Å². The highest BCUT2D eigenvalue weighted by Gasteiger charge is 2.68. The molecule has 0 bridgehead atoms. The van der Waals surface area contributed by atoms with Crippen LogP contribution in [-0.2, 0) is 0 Å². The highest BCUT2D eigenvalue weighted by molar-refractivity contribution is 5.17. The smallest absolute Gasteiger partial charge is 0.0706 e. The Morgan fingerprint density at radius 3 is 2.38 bits per heavy atom. The molecule has 1 N–H and O–H groups in total. The van der Waals surface area contributed by atoms with Crippen LogP contribution in [0.1, 0.15) is 53.4 Å². The average molecular weight is 222 g/mol. The lowest BCUT2D eigenvalue weighted by Crippen LogP contribution is -2.42. The van der Waals surface area contributed by atoms with Crippen molar-refractivity contribution in [2.45, 2.75) is 59.0 Å². The van der Waals surface area contributed by atoms with E-state index in [4.69, 9.17) is 0 Å². The SMILES string of the molecule is CC1CC[C@]2(O)C(C)CC[C@@H]3[C@@H]([C@@H]12)C3(C)C. The second kappa shape index (κ2) is 3.04. The van der Waals surface area contributed by atoms with E-state index in [0.29, 0.717) is 17.3 Å². The predicted octanol–water partition coefficient (Wildman–Crippen LogP) is 3.47. The van der Waals surface area contributed by atoms with E-state index < -0.39 is 0 Å². The summed E-state index contributed by atoms with van der Waals surface area (Å²) in [5.41, 5.74) is 0.185. The van der Waals surface area contributed by atoms with Crippen LogP contribution in [-0.4, -0.2) is 10.7 Å². The van der Waals surface area contributed by atoms with E-state index in [1.807, 2.05) is 0 Å². The van der Waals surface area contributed by atoms with Gasteiger partial charge in [-0.1, -0.05) is 27.7 Å². The van der Waals surface area contributed by atoms with Gasteiger partial charge in [-0.15, -0.1) is 0 Å². The zero-order valence-electron chi connectivity index (χ0n) is 11.2. The minimum absolute atomic E-state index is 0.327. The van der Waals surface area contributed by atoms with Crippen LogP contribution in [0.2, 0.25) is 0 Å². The molecule has 0 spiro atoms. The normalized spacial score (nSPS) is 58.7. The van der Waals surface area contributed by atoms with Crippen molar-refractivity contribution >= 4 is 0 Å². The first-order valence-electron chi connectivity index (χ1n) is 7.11. The van der Waals surface area contributed by atoms with Gasteiger partial charge in [-0.25, -0.2) is 0 Å². The van der Waals surface area contributed by atoms with Gasteiger partial charge in [-0.2, -0.15) is 0 Å². The molecule has 3 aliphatic rings. The molecule has 1 heteroatoms. The van der Waals surface area contributed by atoms with E-state index in [1.165, 1.54) is 19.3 Å². The van der Waals surface area contributed by atoms with Gasteiger partial charge < -0.3 is 5.11 Å². The predicted molar refractivity (Wildman–Crippen MR) is 66.0 cm³/mol. The Morgan fingerprint density at radius 1 is 1.00 bits per heavy atom. The summed E-state index contributed by atoms with van der Waals surface area (Å²) in [6, 6.07) is 0. The van der Waals surface area contributed by atoms with Crippen LogP contribution in [0.3, 0.4) is 0 Å². The Morgan fingerprint density at radius 2 is 1.69 bits per heavy atom. The fourth-order valence-corrected chi connectivity index (χ4v) is 5.27. The molecule has 1 nitrogen and oxygen atoms in total. The highest BCUT2D eigenvalue weighted by Crippen LogP contribution is 2.71. The first-order valence-corrected chi connectivity index (χ1v) is 7.11. The Hall–Kier alpha value is -0.0400. The Kier molecular flexibility index (Phi) is 2.11. The van der Waals surface area contributed by atoms with Crippen molar-refractivity contribution in [3.63, 3.8) is 0 Å². The molecular weight excluding hydrogens is 196 g/mol. The van der Waals surface area contributed by atoms with Gasteiger partial charge >= 0.3 is 0 Å². The van der Waals surface area contributed by atoms with Gasteiger partial charge in [0.15, 0.2) is 0 Å². The third-order valence-corrected chi connectivity index (χ3v) is 6.48. The van der Waals surface area contributed by atoms with Crippen molar-refractivity contribution in [3.8, 4) is 0 Å². The van der Waals surface area contributed by atoms with Crippen LogP contribution < -0.4 is 0 Å². The Labute approximate surface area is 99.6 Å². The highest BCUT2D eigenvalue weighted by atomic mass is 16.3. The maximum Gasteiger partial charge on any atom is 0.0706 e. The second-order valence-electron chi connectivity index (χ2n) is 7.47. The molecule has 3 rings (SSSR count). The van der Waals surface area contributed by atoms with Gasteiger partial charge in [-0.3, -0.25) is 0 Å². The third-order valence-electron chi connectivity index (χ3n) is 6.48. The molecule has 0 amide bonds. The largest absolute Gasteiger partial charge is 0.389 e. The summed E-state index contributed by atoms with van der Waals surface area (Å²) in [6.45, 7) is 9.49. The fourth-order valence-electron chi connectivity index (χ4n) is 5.27. The lowest BCUT2D eigenvalue weighted by molar-refractivity contribution is -0.0624. The monoisotopic (exact) mass is 222 g/mol. The number of rotatable bonds is 0. The molecule has 0 aliphatic heterocycles. The second-order valence-corrected chi connectivity index (χ2v) is 7.47. The van der Waals surface area contributed by atoms with Crippen molar-refractivity contribution in [2.75, 3.05) is 0 Å². The third kappa shape index (κ3) is 1.16. The summed E-state index contributed by atoms with van der Waals surface area (Å²) in [5, 5.41) is 11.1. The molecule has 92 valence electrons. The molecular formula is C15H26O. The summed E-state index contributed by atoms with van der Waals surface area (Å²) < 4.78 is 0. The zero-order valence-corrected chi connectivity index (χ0v) is 11.2. The lowest BCUT2D eigenvalue weighted by Gasteiger charge is -2.37. The summed E-state index contributed by atoms with van der Waals surface area (Å²) in [6.07, 6.45) is 4.89. The van der Waals surface area contributed by atoms with Gasteiger partial charge in [0.1, 0.15) is 0 Å². The molecule has 3 saturated carbocycles. The van der Waals surface area contributed by atoms with Crippen molar-refractivity contribution < 1.29 is 5.11 Å². The molecule has 6 atom stereocenters. The van der Waals surface area contributed by atoms with E-state index >= 15 is 0 Å². The van der Waals surface area contributed by atoms with Gasteiger partial charge in [0.2, 0.25) is 0 Å². The van der Waals surface area contributed by atoms with Gasteiger partial charge in [0.25, 0.3) is 0 Å². The molecule has 3 fully saturated rings. The first-order chi connectivity index (χ1) is 7.39. The number of aliphatic hydroxyl groups is 1. The maximum absolute atomic E-state index is 11.1. The van der Waals surface area contributed by atoms with Crippen molar-refractivity contribution in [1.29, 1.82) is 0 Å². The molecule has 0 aromatic carbocycles. The molecule has 0 aromatic rings. The minimum atomic E-state index is -0.327. The Balaban J connectivity index is 1.98. The molecule has 0 aromatic heterocycles. The van der Waals surface area contributed by atoms with Crippen LogP contribution >= 0.6 is 0 Å². The van der Waals surface area contributed by atoms with E-state index in [-0.39, 0.29) is 5.60 Å². The van der Waals surface area contributed by atoms with E-state index in [2.05, 4.69) is 27.7 Å². The summed E-state index contributed by atoms with van der Waals surface area (Å²) >= 11 is 0. The molecule has 0 heterocycles. The van der Waals surface area contributed by atoms with Gasteiger partial charge in [0.05, 0.1) is 5.60 Å². The van der Waals surface area contributed by atoms with Crippen molar-refractivity contribution in [3.05, 3.63) is 0 Å². The van der Waals surface area contributed by atoms with Crippen LogP contribution in [0.4, 0.5) is 0 Å². The quantitative estimate of drug-likeness (QED) is 0.665. The van der Waals surface area contributed by atoms with Crippen molar-refractivity contribution in [1.82, 2.24) is 0 Å². The number of hydrogen-bond donors (Lipinski definition) is 1. The molecule has 2 unspecified atom stereocenters. The van der Waals surface area contributed by atoms with E-state index in [0.717, 1.165) is 24.2 Å².